The number of likely N-dealkylation sites (tertiary alicyclic amines) is 2. The van der Waals surface area contributed by atoms with Gasteiger partial charge in [0.1, 0.15) is 11.4 Å². The number of nitrogens with one attached hydrogen (secondary N) is 1. The Balaban J connectivity index is 1.66. The number of H-pyrrole nitrogens is 1. The van der Waals surface area contributed by atoms with Crippen LogP contribution in [0.3, 0.4) is 0 Å². The highest BCUT2D eigenvalue weighted by atomic mass is 16.3. The topological polar surface area (TPSA) is 107 Å². The van der Waals surface area contributed by atoms with Crippen molar-refractivity contribution in [3.8, 4) is 0 Å². The number of hydrogen-bond donors (Lipinski definition) is 2. The number of amides is 2. The van der Waals surface area contributed by atoms with Crippen molar-refractivity contribution < 1.29 is 14.7 Å². The molecule has 142 valence electrons. The first-order chi connectivity index (χ1) is 12.3. The summed E-state index contributed by atoms with van der Waals surface area (Å²) in [6.45, 7) is 5.46. The lowest BCUT2D eigenvalue weighted by atomic mass is 9.72. The first kappa shape index (κ1) is 18.6. The van der Waals surface area contributed by atoms with Crippen LogP contribution in [0.5, 0.6) is 0 Å². The lowest BCUT2D eigenvalue weighted by molar-refractivity contribution is -0.140. The molecule has 0 radical (unpaired) electrons. The molecule has 1 aromatic heterocycles. The van der Waals surface area contributed by atoms with Crippen LogP contribution in [0.1, 0.15) is 48.8 Å². The van der Waals surface area contributed by atoms with Gasteiger partial charge in [-0.2, -0.15) is 0 Å². The molecule has 0 saturated carbocycles. The quantitative estimate of drug-likeness (QED) is 0.804. The van der Waals surface area contributed by atoms with Crippen LogP contribution >= 0.6 is 0 Å². The standard InChI is InChI=1S/C18H26N4O4/c1-12(23)10-22-11-18(4-3-15(22)24)5-7-21(8-6-18)17(26)14-9-19-13(2)20-16(14)25/h9,12,23H,3-8,10-11H2,1-2H3,(H,19,20,25). The van der Waals surface area contributed by atoms with E-state index in [0.29, 0.717) is 38.4 Å². The van der Waals surface area contributed by atoms with Crippen LogP contribution in [-0.4, -0.2) is 69.0 Å². The highest BCUT2D eigenvalue weighted by Gasteiger charge is 2.42. The number of rotatable bonds is 3. The van der Waals surface area contributed by atoms with Gasteiger partial charge >= 0.3 is 0 Å². The van der Waals surface area contributed by atoms with Crippen molar-refractivity contribution in [2.24, 2.45) is 5.41 Å². The Kier molecular flexibility index (Phi) is 5.13. The van der Waals surface area contributed by atoms with E-state index >= 15 is 0 Å². The molecule has 1 unspecified atom stereocenters. The number of nitrogens with zero attached hydrogens (tertiary/aromatic N) is 3. The Bertz CT molecular complexity index is 750. The third-order valence-electron chi connectivity index (χ3n) is 5.50. The molecule has 1 atom stereocenters. The van der Waals surface area contributed by atoms with E-state index in [1.54, 1.807) is 23.6 Å². The van der Waals surface area contributed by atoms with Crippen LogP contribution < -0.4 is 5.56 Å². The Morgan fingerprint density at radius 2 is 2.04 bits per heavy atom. The van der Waals surface area contributed by atoms with Crippen molar-refractivity contribution in [3.63, 3.8) is 0 Å². The number of β-amino-alcohol motifs (C(OH)–C–C–N with tert-alkyl or cyclic N) is 1. The number of aromatic amines is 1. The fourth-order valence-electron chi connectivity index (χ4n) is 3.99. The van der Waals surface area contributed by atoms with E-state index in [4.69, 9.17) is 0 Å². The van der Waals surface area contributed by atoms with Gasteiger partial charge in [0.05, 0.1) is 6.10 Å². The summed E-state index contributed by atoms with van der Waals surface area (Å²) in [5.74, 6) is 0.280. The summed E-state index contributed by atoms with van der Waals surface area (Å²) in [6.07, 6.45) is 3.68. The SMILES string of the molecule is Cc1ncc(C(=O)N2CCC3(CCC(=O)N(CC(C)O)C3)CC2)c(=O)[nH]1. The van der Waals surface area contributed by atoms with Gasteiger partial charge in [-0.3, -0.25) is 14.4 Å². The number of aryl methyl sites for hydroxylation is 1. The molecule has 8 nitrogen and oxygen atoms in total. The summed E-state index contributed by atoms with van der Waals surface area (Å²) in [6, 6.07) is 0. The van der Waals surface area contributed by atoms with Gasteiger partial charge in [0.2, 0.25) is 5.91 Å². The van der Waals surface area contributed by atoms with Crippen LogP contribution in [0.15, 0.2) is 11.0 Å². The number of aliphatic hydroxyl groups excluding tert-OH is 1. The molecule has 0 bridgehead atoms. The van der Waals surface area contributed by atoms with E-state index in [1.165, 1.54) is 6.20 Å². The molecule has 2 saturated heterocycles. The monoisotopic (exact) mass is 362 g/mol. The number of aliphatic hydroxyl groups is 1. The second kappa shape index (κ2) is 7.19. The number of aromatic nitrogens is 2. The Morgan fingerprint density at radius 3 is 2.65 bits per heavy atom. The average Bonchev–Trinajstić information content (AvgIpc) is 2.58. The van der Waals surface area contributed by atoms with Crippen LogP contribution in [0.2, 0.25) is 0 Å². The normalized spacial score (nSPS) is 21.1. The first-order valence-corrected chi connectivity index (χ1v) is 9.11. The molecule has 1 spiro atoms. The molecule has 2 aliphatic heterocycles. The van der Waals surface area contributed by atoms with E-state index < -0.39 is 11.7 Å². The second-order valence-corrected chi connectivity index (χ2v) is 7.63. The van der Waals surface area contributed by atoms with E-state index in [2.05, 4.69) is 9.97 Å². The molecule has 8 heteroatoms. The molecule has 2 aliphatic rings. The van der Waals surface area contributed by atoms with E-state index in [0.717, 1.165) is 19.3 Å². The van der Waals surface area contributed by atoms with Crippen molar-refractivity contribution >= 4 is 11.8 Å². The smallest absolute Gasteiger partial charge is 0.263 e. The van der Waals surface area contributed by atoms with Gasteiger partial charge in [-0.05, 0) is 38.5 Å². The summed E-state index contributed by atoms with van der Waals surface area (Å²) in [5, 5.41) is 9.61. The molecule has 2 N–H and O–H groups in total. The van der Waals surface area contributed by atoms with Crippen molar-refractivity contribution in [1.82, 2.24) is 19.8 Å². The minimum Gasteiger partial charge on any atom is -0.392 e. The van der Waals surface area contributed by atoms with Crippen LogP contribution in [0.4, 0.5) is 0 Å². The maximum atomic E-state index is 12.6. The third-order valence-corrected chi connectivity index (χ3v) is 5.50. The predicted octanol–water partition coefficient (Wildman–Crippen LogP) is 0.304. The summed E-state index contributed by atoms with van der Waals surface area (Å²) < 4.78 is 0. The largest absolute Gasteiger partial charge is 0.392 e. The highest BCUT2D eigenvalue weighted by Crippen LogP contribution is 2.40. The molecular formula is C18H26N4O4. The fraction of sp³-hybridized carbons (Fsp3) is 0.667. The van der Waals surface area contributed by atoms with Crippen molar-refractivity contribution in [3.05, 3.63) is 27.9 Å². The molecule has 0 aromatic carbocycles. The van der Waals surface area contributed by atoms with E-state index in [9.17, 15) is 19.5 Å². The number of piperidine rings is 2. The zero-order valence-electron chi connectivity index (χ0n) is 15.3. The molecule has 2 amide bonds. The van der Waals surface area contributed by atoms with E-state index in [-0.39, 0.29) is 22.8 Å². The predicted molar refractivity (Wildman–Crippen MR) is 94.7 cm³/mol. The summed E-state index contributed by atoms with van der Waals surface area (Å²) in [7, 11) is 0. The lowest BCUT2D eigenvalue weighted by Gasteiger charge is -2.47. The van der Waals surface area contributed by atoms with Crippen LogP contribution in [-0.2, 0) is 4.79 Å². The maximum Gasteiger partial charge on any atom is 0.263 e. The number of carbonyl (C=O) groups is 2. The van der Waals surface area contributed by atoms with Crippen LogP contribution in [0, 0.1) is 12.3 Å². The fourth-order valence-corrected chi connectivity index (χ4v) is 3.99. The summed E-state index contributed by atoms with van der Waals surface area (Å²) >= 11 is 0. The first-order valence-electron chi connectivity index (χ1n) is 9.11. The van der Waals surface area contributed by atoms with Gasteiger partial charge in [0, 0.05) is 38.8 Å². The van der Waals surface area contributed by atoms with E-state index in [1.807, 2.05) is 0 Å². The van der Waals surface area contributed by atoms with Crippen molar-refractivity contribution in [1.29, 1.82) is 0 Å². The van der Waals surface area contributed by atoms with Crippen molar-refractivity contribution in [2.75, 3.05) is 26.2 Å². The molecule has 26 heavy (non-hydrogen) atoms. The Labute approximate surface area is 152 Å². The zero-order valence-corrected chi connectivity index (χ0v) is 15.3. The molecule has 1 aromatic rings. The highest BCUT2D eigenvalue weighted by molar-refractivity contribution is 5.93. The van der Waals surface area contributed by atoms with Gasteiger partial charge in [0.15, 0.2) is 0 Å². The third kappa shape index (κ3) is 3.80. The van der Waals surface area contributed by atoms with Crippen LogP contribution in [0.25, 0.3) is 0 Å². The van der Waals surface area contributed by atoms with Gasteiger partial charge in [-0.1, -0.05) is 0 Å². The minimum absolute atomic E-state index is 0.00245. The average molecular weight is 362 g/mol. The molecule has 2 fully saturated rings. The lowest BCUT2D eigenvalue weighted by Crippen LogP contribution is -2.53. The summed E-state index contributed by atoms with van der Waals surface area (Å²) in [5.41, 5.74) is -0.340. The van der Waals surface area contributed by atoms with Gasteiger partial charge in [0.25, 0.3) is 11.5 Å². The Hall–Kier alpha value is -2.22. The molecule has 0 aliphatic carbocycles. The molecule has 3 heterocycles. The zero-order chi connectivity index (χ0) is 18.9. The van der Waals surface area contributed by atoms with Gasteiger partial charge in [-0.15, -0.1) is 0 Å². The minimum atomic E-state index is -0.545. The number of carbonyl (C=O) groups excluding carboxylic acids is 2. The number of hydrogen-bond acceptors (Lipinski definition) is 5. The summed E-state index contributed by atoms with van der Waals surface area (Å²) in [4.78, 5) is 46.7. The van der Waals surface area contributed by atoms with Gasteiger partial charge in [-0.25, -0.2) is 4.98 Å². The Morgan fingerprint density at radius 1 is 1.35 bits per heavy atom. The van der Waals surface area contributed by atoms with Crippen molar-refractivity contribution in [2.45, 2.75) is 45.6 Å². The second-order valence-electron chi connectivity index (χ2n) is 7.63. The molecule has 3 rings (SSSR count). The maximum absolute atomic E-state index is 12.6. The molecular weight excluding hydrogens is 336 g/mol. The van der Waals surface area contributed by atoms with Gasteiger partial charge < -0.3 is 19.9 Å².